The minimum Gasteiger partial charge on any atom is -0.206 e. The Balaban J connectivity index is 2.36. The van der Waals surface area contributed by atoms with Crippen molar-refractivity contribution in [1.82, 2.24) is 4.72 Å². The Hall–Kier alpha value is -0.420. The van der Waals surface area contributed by atoms with E-state index in [1.165, 1.54) is 11.3 Å². The van der Waals surface area contributed by atoms with Crippen molar-refractivity contribution in [2.24, 2.45) is 5.41 Å². The zero-order valence-corrected chi connectivity index (χ0v) is 13.5. The highest BCUT2D eigenvalue weighted by Gasteiger charge is 2.64. The molecule has 1 aromatic heterocycles. The maximum Gasteiger partial charge on any atom is 0.252 e. The second-order valence-electron chi connectivity index (χ2n) is 5.18. The lowest BCUT2D eigenvalue weighted by Gasteiger charge is -2.14. The number of rotatable bonds is 3. The summed E-state index contributed by atoms with van der Waals surface area (Å²) in [4.78, 5) is 0.906. The molecule has 0 aromatic carbocycles. The Morgan fingerprint density at radius 2 is 2.11 bits per heavy atom. The van der Waals surface area contributed by atoms with Crippen molar-refractivity contribution in [3.05, 3.63) is 15.4 Å². The molecule has 1 N–H and O–H groups in total. The molecule has 1 aromatic rings. The average molecular weight is 349 g/mol. The minimum absolute atomic E-state index is 0.234. The zero-order valence-electron chi connectivity index (χ0n) is 10.2. The highest BCUT2D eigenvalue weighted by Crippen LogP contribution is 2.56. The van der Waals surface area contributed by atoms with Gasteiger partial charge in [-0.2, -0.15) is 9.98 Å². The third kappa shape index (κ3) is 2.11. The van der Waals surface area contributed by atoms with Gasteiger partial charge >= 0.3 is 0 Å². The van der Waals surface area contributed by atoms with Crippen LogP contribution in [0.3, 0.4) is 0 Å². The third-order valence-corrected chi connectivity index (χ3v) is 7.49. The number of halogens is 1. The van der Waals surface area contributed by atoms with E-state index in [1.54, 1.807) is 6.07 Å². The monoisotopic (exact) mass is 348 g/mol. The Labute approximate surface area is 119 Å². The first-order chi connectivity index (χ1) is 8.13. The van der Waals surface area contributed by atoms with Gasteiger partial charge in [0.15, 0.2) is 0 Å². The summed E-state index contributed by atoms with van der Waals surface area (Å²) in [6.45, 7) is 5.61. The molecule has 4 nitrogen and oxygen atoms in total. The van der Waals surface area contributed by atoms with Crippen LogP contribution in [-0.2, 0) is 10.0 Å². The van der Waals surface area contributed by atoms with E-state index in [-0.39, 0.29) is 9.62 Å². The molecule has 18 heavy (non-hydrogen) atoms. The molecular formula is C11H13BrN2O2S2. The highest BCUT2D eigenvalue weighted by atomic mass is 79.9. The first-order valence-electron chi connectivity index (χ1n) is 5.35. The molecule has 2 rings (SSSR count). The van der Waals surface area contributed by atoms with E-state index < -0.39 is 15.6 Å². The Morgan fingerprint density at radius 1 is 1.56 bits per heavy atom. The Morgan fingerprint density at radius 3 is 2.44 bits per heavy atom. The minimum atomic E-state index is -3.65. The van der Waals surface area contributed by atoms with Gasteiger partial charge in [0.25, 0.3) is 10.0 Å². The fourth-order valence-electron chi connectivity index (χ4n) is 1.93. The van der Waals surface area contributed by atoms with Crippen molar-refractivity contribution >= 4 is 37.3 Å². The topological polar surface area (TPSA) is 70.0 Å². The van der Waals surface area contributed by atoms with E-state index in [4.69, 9.17) is 0 Å². The maximum atomic E-state index is 12.3. The summed E-state index contributed by atoms with van der Waals surface area (Å²) in [5, 5.41) is 9.19. The van der Waals surface area contributed by atoms with E-state index in [0.29, 0.717) is 10.9 Å². The molecule has 0 radical (unpaired) electrons. The van der Waals surface area contributed by atoms with E-state index in [1.807, 2.05) is 20.8 Å². The van der Waals surface area contributed by atoms with Crippen LogP contribution in [0.15, 0.2) is 14.7 Å². The number of nitrogens with one attached hydrogen (secondary N) is 1. The van der Waals surface area contributed by atoms with Crippen LogP contribution in [0.4, 0.5) is 0 Å². The predicted octanol–water partition coefficient (Wildman–Crippen LogP) is 2.79. The molecule has 1 fully saturated rings. The lowest BCUT2D eigenvalue weighted by atomic mass is 10.1. The van der Waals surface area contributed by atoms with Gasteiger partial charge in [0.05, 0.1) is 6.07 Å². The molecule has 7 heteroatoms. The standard InChI is InChI=1S/C11H13BrN2O2S2/c1-7-4-8(12)9(17-7)18(15,16)14-11(6-13)5-10(11,2)3/h4,14H,5H2,1-3H3. The smallest absolute Gasteiger partial charge is 0.206 e. The number of hydrogen-bond acceptors (Lipinski definition) is 4. The van der Waals surface area contributed by atoms with Crippen LogP contribution < -0.4 is 4.72 Å². The van der Waals surface area contributed by atoms with Gasteiger partial charge in [-0.15, -0.1) is 11.3 Å². The maximum absolute atomic E-state index is 12.3. The van der Waals surface area contributed by atoms with Gasteiger partial charge in [0, 0.05) is 14.8 Å². The van der Waals surface area contributed by atoms with Gasteiger partial charge in [-0.1, -0.05) is 13.8 Å². The zero-order chi connectivity index (χ0) is 13.8. The van der Waals surface area contributed by atoms with E-state index in [9.17, 15) is 13.7 Å². The lowest BCUT2D eigenvalue weighted by Crippen LogP contribution is -2.39. The fourth-order valence-corrected chi connectivity index (χ4v) is 6.15. The summed E-state index contributed by atoms with van der Waals surface area (Å²) < 4.78 is 27.9. The molecule has 0 bridgehead atoms. The van der Waals surface area contributed by atoms with Gasteiger partial charge in [-0.25, -0.2) is 8.42 Å². The summed E-state index contributed by atoms with van der Waals surface area (Å²) in [5.74, 6) is 0. The molecule has 1 heterocycles. The van der Waals surface area contributed by atoms with Crippen LogP contribution in [0.2, 0.25) is 0 Å². The Bertz CT molecular complexity index is 642. The number of hydrogen-bond donors (Lipinski definition) is 1. The molecule has 1 aliphatic carbocycles. The second-order valence-corrected chi connectivity index (χ2v) is 9.16. The SMILES string of the molecule is Cc1cc(Br)c(S(=O)(=O)NC2(C#N)CC2(C)C)s1. The average Bonchev–Trinajstić information content (AvgIpc) is 2.56. The van der Waals surface area contributed by atoms with Gasteiger partial charge in [-0.05, 0) is 35.3 Å². The third-order valence-electron chi connectivity index (χ3n) is 3.26. The van der Waals surface area contributed by atoms with Crippen LogP contribution in [-0.4, -0.2) is 14.0 Å². The van der Waals surface area contributed by atoms with Crippen LogP contribution in [0, 0.1) is 23.7 Å². The van der Waals surface area contributed by atoms with Crippen molar-refractivity contribution < 1.29 is 8.42 Å². The molecule has 98 valence electrons. The molecule has 0 saturated heterocycles. The first kappa shape index (κ1) is 14.0. The molecule has 1 unspecified atom stereocenters. The van der Waals surface area contributed by atoms with E-state index >= 15 is 0 Å². The van der Waals surface area contributed by atoms with Crippen molar-refractivity contribution in [2.45, 2.75) is 36.9 Å². The van der Waals surface area contributed by atoms with Crippen LogP contribution in [0.5, 0.6) is 0 Å². The van der Waals surface area contributed by atoms with Crippen molar-refractivity contribution in [1.29, 1.82) is 5.26 Å². The summed E-state index contributed by atoms with van der Waals surface area (Å²) in [7, 11) is -3.65. The van der Waals surface area contributed by atoms with Gasteiger partial charge < -0.3 is 0 Å². The van der Waals surface area contributed by atoms with Crippen molar-refractivity contribution in [2.75, 3.05) is 0 Å². The molecule has 0 amide bonds. The molecular weight excluding hydrogens is 336 g/mol. The summed E-state index contributed by atoms with van der Waals surface area (Å²) in [6.07, 6.45) is 0.539. The summed E-state index contributed by atoms with van der Waals surface area (Å²) in [6, 6.07) is 3.85. The van der Waals surface area contributed by atoms with Crippen LogP contribution >= 0.6 is 27.3 Å². The number of nitrogens with zero attached hydrogens (tertiary/aromatic N) is 1. The summed E-state index contributed by atoms with van der Waals surface area (Å²) in [5.41, 5.74) is -1.28. The highest BCUT2D eigenvalue weighted by molar-refractivity contribution is 9.10. The largest absolute Gasteiger partial charge is 0.252 e. The fraction of sp³-hybridized carbons (Fsp3) is 0.545. The molecule has 0 aliphatic heterocycles. The predicted molar refractivity (Wildman–Crippen MR) is 73.8 cm³/mol. The van der Waals surface area contributed by atoms with E-state index in [0.717, 1.165) is 4.88 Å². The van der Waals surface area contributed by atoms with Crippen LogP contribution in [0.25, 0.3) is 0 Å². The number of aryl methyl sites for hydroxylation is 1. The van der Waals surface area contributed by atoms with Gasteiger partial charge in [0.2, 0.25) is 0 Å². The normalized spacial score (nSPS) is 25.7. The number of sulfonamides is 1. The molecule has 1 atom stereocenters. The second kappa shape index (κ2) is 4.04. The number of nitriles is 1. The van der Waals surface area contributed by atoms with E-state index in [2.05, 4.69) is 26.7 Å². The number of thiophene rings is 1. The van der Waals surface area contributed by atoms with Crippen molar-refractivity contribution in [3.63, 3.8) is 0 Å². The van der Waals surface area contributed by atoms with Gasteiger partial charge in [-0.3, -0.25) is 0 Å². The molecule has 0 spiro atoms. The quantitative estimate of drug-likeness (QED) is 0.912. The van der Waals surface area contributed by atoms with Gasteiger partial charge in [0.1, 0.15) is 9.75 Å². The Kier molecular flexibility index (Phi) is 3.14. The molecule has 1 saturated carbocycles. The first-order valence-corrected chi connectivity index (χ1v) is 8.44. The molecule has 1 aliphatic rings. The van der Waals surface area contributed by atoms with Crippen LogP contribution in [0.1, 0.15) is 25.1 Å². The lowest BCUT2D eigenvalue weighted by molar-refractivity contribution is 0.514. The summed E-state index contributed by atoms with van der Waals surface area (Å²) >= 11 is 4.43. The van der Waals surface area contributed by atoms with Crippen molar-refractivity contribution in [3.8, 4) is 6.07 Å².